The average Bonchev–Trinajstić information content (AvgIpc) is 2.43. The molecular formula is C14H11NO4. The third-order valence-corrected chi connectivity index (χ3v) is 2.49. The number of pyridine rings is 1. The van der Waals surface area contributed by atoms with E-state index in [4.69, 9.17) is 5.11 Å². The molecule has 0 atom stereocenters. The second-order valence-electron chi connectivity index (χ2n) is 3.78. The number of hydrogen-bond acceptors (Lipinski definition) is 5. The number of allylic oxidation sites excluding steroid dienone is 1. The molecule has 5 heteroatoms. The van der Waals surface area contributed by atoms with Gasteiger partial charge in [0.1, 0.15) is 0 Å². The predicted octanol–water partition coefficient (Wildman–Crippen LogP) is 2.09. The van der Waals surface area contributed by atoms with Gasteiger partial charge in [0.25, 0.3) is 0 Å². The van der Waals surface area contributed by atoms with Crippen molar-refractivity contribution in [2.75, 3.05) is 0 Å². The molecule has 0 radical (unpaired) electrons. The van der Waals surface area contributed by atoms with Gasteiger partial charge in [0.05, 0.1) is 11.3 Å². The maximum Gasteiger partial charge on any atom is 0.201 e. The Morgan fingerprint density at radius 2 is 1.84 bits per heavy atom. The van der Waals surface area contributed by atoms with E-state index in [9.17, 15) is 15.0 Å². The molecule has 19 heavy (non-hydrogen) atoms. The molecule has 0 fully saturated rings. The highest BCUT2D eigenvalue weighted by molar-refractivity contribution is 6.09. The Morgan fingerprint density at radius 1 is 1.05 bits per heavy atom. The number of phenolic OH excluding ortho intramolecular Hbond substituents is 3. The normalized spacial score (nSPS) is 10.7. The summed E-state index contributed by atoms with van der Waals surface area (Å²) in [5.41, 5.74) is 0.501. The molecule has 0 unspecified atom stereocenters. The quantitative estimate of drug-likeness (QED) is 0.445. The maximum atomic E-state index is 11.8. The van der Waals surface area contributed by atoms with Crippen LogP contribution >= 0.6 is 0 Å². The summed E-state index contributed by atoms with van der Waals surface area (Å²) < 4.78 is 0. The molecule has 0 aliphatic rings. The van der Waals surface area contributed by atoms with Gasteiger partial charge in [-0.15, -0.1) is 0 Å². The van der Waals surface area contributed by atoms with Crippen LogP contribution < -0.4 is 0 Å². The first-order chi connectivity index (χ1) is 9.09. The SMILES string of the molecule is O=C(/C=C/c1ccccn1)c1ccc(O)c(O)c1O. The molecule has 0 aliphatic carbocycles. The van der Waals surface area contributed by atoms with Gasteiger partial charge in [-0.2, -0.15) is 0 Å². The second-order valence-corrected chi connectivity index (χ2v) is 3.78. The van der Waals surface area contributed by atoms with Gasteiger partial charge in [-0.25, -0.2) is 0 Å². The lowest BCUT2D eigenvalue weighted by atomic mass is 10.1. The zero-order valence-corrected chi connectivity index (χ0v) is 9.82. The molecule has 5 nitrogen and oxygen atoms in total. The number of carbonyl (C=O) groups is 1. The molecule has 1 aromatic carbocycles. The van der Waals surface area contributed by atoms with Gasteiger partial charge in [0.15, 0.2) is 17.3 Å². The summed E-state index contributed by atoms with van der Waals surface area (Å²) in [5, 5.41) is 28.1. The van der Waals surface area contributed by atoms with Gasteiger partial charge in [0, 0.05) is 6.20 Å². The van der Waals surface area contributed by atoms with Crippen LogP contribution in [0.15, 0.2) is 42.6 Å². The number of benzene rings is 1. The van der Waals surface area contributed by atoms with Gasteiger partial charge in [-0.3, -0.25) is 9.78 Å². The minimum Gasteiger partial charge on any atom is -0.504 e. The fraction of sp³-hybridized carbons (Fsp3) is 0. The smallest absolute Gasteiger partial charge is 0.201 e. The van der Waals surface area contributed by atoms with Gasteiger partial charge in [0.2, 0.25) is 5.75 Å². The van der Waals surface area contributed by atoms with Gasteiger partial charge < -0.3 is 15.3 Å². The van der Waals surface area contributed by atoms with Crippen molar-refractivity contribution in [3.05, 3.63) is 53.9 Å². The van der Waals surface area contributed by atoms with E-state index in [1.807, 2.05) is 0 Å². The molecule has 0 amide bonds. The molecule has 96 valence electrons. The van der Waals surface area contributed by atoms with Crippen LogP contribution in [0.4, 0.5) is 0 Å². The third kappa shape index (κ3) is 2.71. The fourth-order valence-corrected chi connectivity index (χ4v) is 1.49. The number of aromatic nitrogens is 1. The van der Waals surface area contributed by atoms with E-state index in [2.05, 4.69) is 4.98 Å². The largest absolute Gasteiger partial charge is 0.504 e. The Morgan fingerprint density at radius 3 is 2.53 bits per heavy atom. The summed E-state index contributed by atoms with van der Waals surface area (Å²) in [6.45, 7) is 0. The van der Waals surface area contributed by atoms with Crippen molar-refractivity contribution in [1.29, 1.82) is 0 Å². The summed E-state index contributed by atoms with van der Waals surface area (Å²) in [6, 6.07) is 7.62. The van der Waals surface area contributed by atoms with Crippen LogP contribution in [0.2, 0.25) is 0 Å². The molecule has 0 bridgehead atoms. The van der Waals surface area contributed by atoms with Crippen molar-refractivity contribution in [1.82, 2.24) is 4.98 Å². The van der Waals surface area contributed by atoms with E-state index in [-0.39, 0.29) is 5.56 Å². The first kappa shape index (κ1) is 12.6. The minimum atomic E-state index is -0.711. The Balaban J connectivity index is 2.26. The van der Waals surface area contributed by atoms with Gasteiger partial charge in [-0.05, 0) is 36.4 Å². The van der Waals surface area contributed by atoms with Crippen molar-refractivity contribution < 1.29 is 20.1 Å². The van der Waals surface area contributed by atoms with Crippen LogP contribution in [0.5, 0.6) is 17.2 Å². The first-order valence-corrected chi connectivity index (χ1v) is 5.47. The van der Waals surface area contributed by atoms with E-state index in [0.29, 0.717) is 5.69 Å². The van der Waals surface area contributed by atoms with Gasteiger partial charge in [-0.1, -0.05) is 6.07 Å². The number of aromatic hydroxyl groups is 3. The first-order valence-electron chi connectivity index (χ1n) is 5.47. The number of nitrogens with zero attached hydrogens (tertiary/aromatic N) is 1. The molecular weight excluding hydrogens is 246 g/mol. The lowest BCUT2D eigenvalue weighted by Crippen LogP contribution is -1.95. The van der Waals surface area contributed by atoms with Crippen LogP contribution in [-0.4, -0.2) is 26.1 Å². The standard InChI is InChI=1S/C14H11NO4/c16-11(6-4-9-3-1-2-8-15-9)10-5-7-12(17)14(19)13(10)18/h1-8,17-19H/b6-4+. The van der Waals surface area contributed by atoms with Crippen LogP contribution in [0.3, 0.4) is 0 Å². The van der Waals surface area contributed by atoms with E-state index >= 15 is 0 Å². The molecule has 2 aromatic rings. The molecule has 3 N–H and O–H groups in total. The summed E-state index contributed by atoms with van der Waals surface area (Å²) >= 11 is 0. The Kier molecular flexibility index (Phi) is 3.47. The monoisotopic (exact) mass is 257 g/mol. The molecule has 0 aliphatic heterocycles. The molecule has 0 saturated carbocycles. The predicted molar refractivity (Wildman–Crippen MR) is 69.0 cm³/mol. The highest BCUT2D eigenvalue weighted by atomic mass is 16.3. The molecule has 2 rings (SSSR count). The summed E-state index contributed by atoms with van der Waals surface area (Å²) in [5.74, 6) is -2.34. The lowest BCUT2D eigenvalue weighted by molar-refractivity contribution is 0.104. The molecule has 0 saturated heterocycles. The molecule has 1 aromatic heterocycles. The van der Waals surface area contributed by atoms with Crippen molar-refractivity contribution in [2.24, 2.45) is 0 Å². The van der Waals surface area contributed by atoms with E-state index in [0.717, 1.165) is 6.07 Å². The summed E-state index contributed by atoms with van der Waals surface area (Å²) in [6.07, 6.45) is 4.31. The summed E-state index contributed by atoms with van der Waals surface area (Å²) in [7, 11) is 0. The van der Waals surface area contributed by atoms with E-state index < -0.39 is 23.0 Å². The van der Waals surface area contributed by atoms with Crippen LogP contribution in [0.1, 0.15) is 16.1 Å². The van der Waals surface area contributed by atoms with Crippen molar-refractivity contribution in [2.45, 2.75) is 0 Å². The fourth-order valence-electron chi connectivity index (χ4n) is 1.49. The zero-order chi connectivity index (χ0) is 13.8. The van der Waals surface area contributed by atoms with Crippen molar-refractivity contribution >= 4 is 11.9 Å². The molecule has 1 heterocycles. The van der Waals surface area contributed by atoms with Crippen molar-refractivity contribution in [3.8, 4) is 17.2 Å². The maximum absolute atomic E-state index is 11.8. The Bertz CT molecular complexity index is 635. The number of phenols is 3. The summed E-state index contributed by atoms with van der Waals surface area (Å²) in [4.78, 5) is 15.8. The van der Waals surface area contributed by atoms with Crippen molar-refractivity contribution in [3.63, 3.8) is 0 Å². The van der Waals surface area contributed by atoms with Gasteiger partial charge >= 0.3 is 0 Å². The second kappa shape index (κ2) is 5.22. The number of rotatable bonds is 3. The van der Waals surface area contributed by atoms with E-state index in [1.165, 1.54) is 18.2 Å². The Labute approximate surface area is 109 Å². The number of carbonyl (C=O) groups excluding carboxylic acids is 1. The highest BCUT2D eigenvalue weighted by Gasteiger charge is 2.15. The van der Waals surface area contributed by atoms with Crippen LogP contribution in [0, 0.1) is 0 Å². The lowest BCUT2D eigenvalue weighted by Gasteiger charge is -2.04. The minimum absolute atomic E-state index is 0.0949. The molecule has 0 spiro atoms. The zero-order valence-electron chi connectivity index (χ0n) is 9.82. The van der Waals surface area contributed by atoms with E-state index in [1.54, 1.807) is 24.4 Å². The van der Waals surface area contributed by atoms with Crippen LogP contribution in [0.25, 0.3) is 6.08 Å². The van der Waals surface area contributed by atoms with Crippen LogP contribution in [-0.2, 0) is 0 Å². The third-order valence-electron chi connectivity index (χ3n) is 2.49. The number of hydrogen-bond donors (Lipinski definition) is 3. The number of ketones is 1. The average molecular weight is 257 g/mol. The Hall–Kier alpha value is -2.82. The topological polar surface area (TPSA) is 90.7 Å². The highest BCUT2D eigenvalue weighted by Crippen LogP contribution is 2.37.